The number of benzene rings is 2. The van der Waals surface area contributed by atoms with Crippen LogP contribution < -0.4 is 5.73 Å². The van der Waals surface area contributed by atoms with Gasteiger partial charge in [0.15, 0.2) is 0 Å². The standard InChI is InChI=1S/C14H15NO2/c1-9(13(15)14(16)17)11-7-6-10-4-2-3-5-12(10)8-11/h2-9,13H,15H2,1H3,(H,16,17)/t9-,13?/m0/s1. The van der Waals surface area contributed by atoms with Crippen molar-refractivity contribution in [3.05, 3.63) is 48.0 Å². The zero-order chi connectivity index (χ0) is 12.4. The highest BCUT2D eigenvalue weighted by Crippen LogP contribution is 2.23. The van der Waals surface area contributed by atoms with Gasteiger partial charge in [0.2, 0.25) is 0 Å². The van der Waals surface area contributed by atoms with Gasteiger partial charge in [-0.3, -0.25) is 4.79 Å². The average molecular weight is 229 g/mol. The Morgan fingerprint density at radius 1 is 1.18 bits per heavy atom. The van der Waals surface area contributed by atoms with E-state index in [0.717, 1.165) is 16.3 Å². The third-order valence-electron chi connectivity index (χ3n) is 3.12. The van der Waals surface area contributed by atoms with E-state index in [1.165, 1.54) is 0 Å². The third kappa shape index (κ3) is 2.29. The molecule has 0 saturated carbocycles. The van der Waals surface area contributed by atoms with Crippen molar-refractivity contribution < 1.29 is 9.90 Å². The van der Waals surface area contributed by atoms with Gasteiger partial charge in [-0.05, 0) is 16.3 Å². The van der Waals surface area contributed by atoms with Gasteiger partial charge in [0.05, 0.1) is 0 Å². The fraction of sp³-hybridized carbons (Fsp3) is 0.214. The molecule has 88 valence electrons. The number of hydrogen-bond acceptors (Lipinski definition) is 2. The lowest BCUT2D eigenvalue weighted by molar-refractivity contribution is -0.139. The maximum absolute atomic E-state index is 10.9. The molecular weight excluding hydrogens is 214 g/mol. The highest BCUT2D eigenvalue weighted by Gasteiger charge is 2.21. The number of fused-ring (bicyclic) bond motifs is 1. The fourth-order valence-corrected chi connectivity index (χ4v) is 1.91. The summed E-state index contributed by atoms with van der Waals surface area (Å²) in [6.45, 7) is 1.84. The molecule has 3 heteroatoms. The molecule has 1 unspecified atom stereocenters. The van der Waals surface area contributed by atoms with Crippen LogP contribution in [0.2, 0.25) is 0 Å². The molecule has 3 nitrogen and oxygen atoms in total. The molecule has 0 amide bonds. The Bertz CT molecular complexity index is 551. The van der Waals surface area contributed by atoms with Gasteiger partial charge >= 0.3 is 5.97 Å². The smallest absolute Gasteiger partial charge is 0.321 e. The Labute approximate surface area is 99.9 Å². The van der Waals surface area contributed by atoms with Crippen LogP contribution >= 0.6 is 0 Å². The molecule has 0 fully saturated rings. The van der Waals surface area contributed by atoms with Gasteiger partial charge in [0.1, 0.15) is 6.04 Å². The van der Waals surface area contributed by atoms with Crippen molar-refractivity contribution in [3.8, 4) is 0 Å². The third-order valence-corrected chi connectivity index (χ3v) is 3.12. The number of carbonyl (C=O) groups is 1. The Hall–Kier alpha value is -1.87. The maximum atomic E-state index is 10.9. The van der Waals surface area contributed by atoms with Crippen LogP contribution in [0.5, 0.6) is 0 Å². The Morgan fingerprint density at radius 3 is 2.47 bits per heavy atom. The van der Waals surface area contributed by atoms with E-state index < -0.39 is 12.0 Å². The summed E-state index contributed by atoms with van der Waals surface area (Å²) in [7, 11) is 0. The van der Waals surface area contributed by atoms with Gasteiger partial charge in [-0.1, -0.05) is 49.4 Å². The number of carboxylic acids is 1. The van der Waals surface area contributed by atoms with Gasteiger partial charge in [0, 0.05) is 5.92 Å². The van der Waals surface area contributed by atoms with Crippen molar-refractivity contribution in [2.75, 3.05) is 0 Å². The molecule has 0 saturated heterocycles. The summed E-state index contributed by atoms with van der Waals surface area (Å²) in [5.74, 6) is -1.16. The summed E-state index contributed by atoms with van der Waals surface area (Å²) in [5.41, 5.74) is 6.59. The second-order valence-corrected chi connectivity index (χ2v) is 4.26. The first kappa shape index (κ1) is 11.6. The van der Waals surface area contributed by atoms with Crippen molar-refractivity contribution in [1.82, 2.24) is 0 Å². The van der Waals surface area contributed by atoms with Gasteiger partial charge in [-0.15, -0.1) is 0 Å². The predicted molar refractivity (Wildman–Crippen MR) is 68.0 cm³/mol. The van der Waals surface area contributed by atoms with Crippen molar-refractivity contribution in [2.45, 2.75) is 18.9 Å². The molecule has 2 aromatic rings. The minimum atomic E-state index is -0.967. The van der Waals surface area contributed by atoms with Crippen molar-refractivity contribution in [2.24, 2.45) is 5.73 Å². The monoisotopic (exact) mass is 229 g/mol. The lowest BCUT2D eigenvalue weighted by Crippen LogP contribution is -2.35. The predicted octanol–water partition coefficient (Wildman–Crippen LogP) is 2.36. The molecule has 2 rings (SSSR count). The molecule has 0 aliphatic rings. The summed E-state index contributed by atoms with van der Waals surface area (Å²) >= 11 is 0. The van der Waals surface area contributed by atoms with Crippen LogP contribution in [-0.4, -0.2) is 17.1 Å². The SMILES string of the molecule is C[C@@H](c1ccc2ccccc2c1)C(N)C(=O)O. The first-order valence-corrected chi connectivity index (χ1v) is 5.56. The van der Waals surface area contributed by atoms with Gasteiger partial charge < -0.3 is 10.8 Å². The van der Waals surface area contributed by atoms with E-state index >= 15 is 0 Å². The zero-order valence-electron chi connectivity index (χ0n) is 9.63. The number of rotatable bonds is 3. The van der Waals surface area contributed by atoms with E-state index in [-0.39, 0.29) is 5.92 Å². The first-order valence-electron chi connectivity index (χ1n) is 5.56. The second-order valence-electron chi connectivity index (χ2n) is 4.26. The molecule has 0 spiro atoms. The molecule has 2 aromatic carbocycles. The Morgan fingerprint density at radius 2 is 1.82 bits per heavy atom. The molecule has 0 bridgehead atoms. The molecular formula is C14H15NO2. The second kappa shape index (κ2) is 4.55. The minimum Gasteiger partial charge on any atom is -0.480 e. The summed E-state index contributed by atoms with van der Waals surface area (Å²) in [4.78, 5) is 10.9. The normalized spacial score (nSPS) is 14.5. The number of hydrogen-bond donors (Lipinski definition) is 2. The van der Waals surface area contributed by atoms with E-state index in [1.54, 1.807) is 0 Å². The topological polar surface area (TPSA) is 63.3 Å². The summed E-state index contributed by atoms with van der Waals surface area (Å²) < 4.78 is 0. The van der Waals surface area contributed by atoms with Crippen molar-refractivity contribution in [1.29, 1.82) is 0 Å². The van der Waals surface area contributed by atoms with Crippen LogP contribution in [0.1, 0.15) is 18.4 Å². The van der Waals surface area contributed by atoms with Crippen molar-refractivity contribution >= 4 is 16.7 Å². The summed E-state index contributed by atoms with van der Waals surface area (Å²) in [6.07, 6.45) is 0. The Balaban J connectivity index is 2.39. The van der Waals surface area contributed by atoms with Crippen LogP contribution in [0.15, 0.2) is 42.5 Å². The molecule has 0 radical (unpaired) electrons. The van der Waals surface area contributed by atoms with E-state index in [0.29, 0.717) is 0 Å². The number of aliphatic carboxylic acids is 1. The fourth-order valence-electron chi connectivity index (χ4n) is 1.91. The first-order chi connectivity index (χ1) is 8.09. The van der Waals surface area contributed by atoms with E-state index in [4.69, 9.17) is 10.8 Å². The number of nitrogens with two attached hydrogens (primary N) is 1. The van der Waals surface area contributed by atoms with Crippen LogP contribution in [0.3, 0.4) is 0 Å². The van der Waals surface area contributed by atoms with Gasteiger partial charge in [-0.2, -0.15) is 0 Å². The van der Waals surface area contributed by atoms with Crippen LogP contribution in [0, 0.1) is 0 Å². The van der Waals surface area contributed by atoms with Crippen LogP contribution in [0.4, 0.5) is 0 Å². The molecule has 0 heterocycles. The average Bonchev–Trinajstić information content (AvgIpc) is 2.36. The number of carboxylic acid groups (broad SMARTS) is 1. The lowest BCUT2D eigenvalue weighted by Gasteiger charge is -2.16. The maximum Gasteiger partial charge on any atom is 0.321 e. The van der Waals surface area contributed by atoms with Crippen LogP contribution in [0.25, 0.3) is 10.8 Å². The summed E-state index contributed by atoms with van der Waals surface area (Å²) in [6, 6.07) is 13.1. The Kier molecular flexibility index (Phi) is 3.11. The molecule has 0 aromatic heterocycles. The lowest BCUT2D eigenvalue weighted by atomic mass is 9.92. The highest BCUT2D eigenvalue weighted by molar-refractivity contribution is 5.83. The molecule has 2 atom stereocenters. The minimum absolute atomic E-state index is 0.197. The van der Waals surface area contributed by atoms with E-state index in [1.807, 2.05) is 49.4 Å². The van der Waals surface area contributed by atoms with E-state index in [2.05, 4.69) is 0 Å². The zero-order valence-corrected chi connectivity index (χ0v) is 9.63. The van der Waals surface area contributed by atoms with Gasteiger partial charge in [0.25, 0.3) is 0 Å². The van der Waals surface area contributed by atoms with Crippen molar-refractivity contribution in [3.63, 3.8) is 0 Å². The molecule has 3 N–H and O–H groups in total. The van der Waals surface area contributed by atoms with E-state index in [9.17, 15) is 4.79 Å². The summed E-state index contributed by atoms with van der Waals surface area (Å²) in [5, 5.41) is 11.2. The highest BCUT2D eigenvalue weighted by atomic mass is 16.4. The van der Waals surface area contributed by atoms with Gasteiger partial charge in [-0.25, -0.2) is 0 Å². The molecule has 17 heavy (non-hydrogen) atoms. The molecule has 0 aliphatic heterocycles. The quantitative estimate of drug-likeness (QED) is 0.849. The van der Waals surface area contributed by atoms with Crippen LogP contribution in [-0.2, 0) is 4.79 Å². The largest absolute Gasteiger partial charge is 0.480 e. The molecule has 0 aliphatic carbocycles.